The molecule has 3 nitrogen and oxygen atoms in total. The zero-order chi connectivity index (χ0) is 9.80. The van der Waals surface area contributed by atoms with Crippen LogP contribution in [-0.4, -0.2) is 24.8 Å². The van der Waals surface area contributed by atoms with Crippen LogP contribution in [0.4, 0.5) is 0 Å². The Morgan fingerprint density at radius 1 is 1.36 bits per heavy atom. The number of hydrogen-bond acceptors (Lipinski definition) is 4. The average Bonchev–Trinajstić information content (AvgIpc) is 2.30. The van der Waals surface area contributed by atoms with Gasteiger partial charge in [0.15, 0.2) is 0 Å². The first kappa shape index (κ1) is 9.55. The summed E-state index contributed by atoms with van der Waals surface area (Å²) in [5.41, 5.74) is 1.12. The molecule has 14 heavy (non-hydrogen) atoms. The van der Waals surface area contributed by atoms with Crippen LogP contribution in [0, 0.1) is 0 Å². The highest BCUT2D eigenvalue weighted by Crippen LogP contribution is 2.20. The number of ether oxygens (including phenoxy) is 2. The molecule has 0 radical (unpaired) electrons. The fourth-order valence-corrected chi connectivity index (χ4v) is 1.91. The van der Waals surface area contributed by atoms with Crippen molar-refractivity contribution in [3.8, 4) is 5.75 Å². The van der Waals surface area contributed by atoms with Gasteiger partial charge in [0.1, 0.15) is 23.5 Å². The quantitative estimate of drug-likeness (QED) is 0.747. The van der Waals surface area contributed by atoms with Crippen molar-refractivity contribution in [3.05, 3.63) is 29.8 Å². The van der Waals surface area contributed by atoms with E-state index >= 15 is 0 Å². The van der Waals surface area contributed by atoms with Crippen molar-refractivity contribution in [2.45, 2.75) is 0 Å². The molecule has 0 aliphatic carbocycles. The summed E-state index contributed by atoms with van der Waals surface area (Å²) in [7, 11) is 1.66. The molecule has 4 heteroatoms. The molecule has 1 aromatic rings. The molecular formula is C10H11NO2S. The van der Waals surface area contributed by atoms with Gasteiger partial charge in [-0.25, -0.2) is 4.99 Å². The van der Waals surface area contributed by atoms with Gasteiger partial charge < -0.3 is 9.47 Å². The van der Waals surface area contributed by atoms with E-state index in [9.17, 15) is 0 Å². The second kappa shape index (κ2) is 4.48. The van der Waals surface area contributed by atoms with Crippen molar-refractivity contribution in [3.63, 3.8) is 0 Å². The third-order valence-corrected chi connectivity index (χ3v) is 2.84. The Hall–Kier alpha value is -1.00. The van der Waals surface area contributed by atoms with Crippen LogP contribution in [0.5, 0.6) is 5.75 Å². The third-order valence-electron chi connectivity index (χ3n) is 1.92. The van der Waals surface area contributed by atoms with Gasteiger partial charge >= 0.3 is 0 Å². The van der Waals surface area contributed by atoms with E-state index in [-0.39, 0.29) is 0 Å². The highest BCUT2D eigenvalue weighted by atomic mass is 32.2. The summed E-state index contributed by atoms with van der Waals surface area (Å²) in [5, 5.41) is 1.04. The molecule has 1 heterocycles. The molecule has 0 unspecified atom stereocenters. The van der Waals surface area contributed by atoms with Crippen LogP contribution in [0.25, 0.3) is 0 Å². The van der Waals surface area contributed by atoms with Gasteiger partial charge in [-0.05, 0) is 24.3 Å². The van der Waals surface area contributed by atoms with Crippen LogP contribution in [0.2, 0.25) is 0 Å². The highest BCUT2D eigenvalue weighted by molar-refractivity contribution is 8.14. The number of rotatable bonds is 2. The standard InChI is InChI=1S/C10H11NO2S/c1-12-9-4-2-8(3-5-9)10-11-6-13-7-14-10/h2-5H,6-7H2,1H3. The van der Waals surface area contributed by atoms with Crippen LogP contribution >= 0.6 is 11.8 Å². The Labute approximate surface area is 87.1 Å². The fourth-order valence-electron chi connectivity index (χ4n) is 1.19. The minimum atomic E-state index is 0.467. The van der Waals surface area contributed by atoms with Crippen molar-refractivity contribution in [2.24, 2.45) is 4.99 Å². The number of methoxy groups -OCH3 is 1. The molecule has 0 amide bonds. The number of hydrogen-bond donors (Lipinski definition) is 0. The van der Waals surface area contributed by atoms with Crippen LogP contribution in [0.15, 0.2) is 29.3 Å². The molecule has 0 atom stereocenters. The molecule has 1 aromatic carbocycles. The largest absolute Gasteiger partial charge is 0.497 e. The van der Waals surface area contributed by atoms with Crippen LogP contribution in [0.1, 0.15) is 5.56 Å². The second-order valence-electron chi connectivity index (χ2n) is 2.79. The maximum Gasteiger partial charge on any atom is 0.139 e. The summed E-state index contributed by atoms with van der Waals surface area (Å²) in [6.45, 7) is 0.467. The average molecular weight is 209 g/mol. The zero-order valence-electron chi connectivity index (χ0n) is 7.90. The summed E-state index contributed by atoms with van der Waals surface area (Å²) in [6.07, 6.45) is 0. The SMILES string of the molecule is COc1ccc(C2=NCOCS2)cc1. The van der Waals surface area contributed by atoms with Crippen molar-refractivity contribution in [2.75, 3.05) is 19.8 Å². The molecule has 1 aliphatic rings. The Morgan fingerprint density at radius 2 is 2.14 bits per heavy atom. The van der Waals surface area contributed by atoms with Crippen LogP contribution in [-0.2, 0) is 4.74 Å². The molecule has 0 aromatic heterocycles. The van der Waals surface area contributed by atoms with Gasteiger partial charge in [0.25, 0.3) is 0 Å². The topological polar surface area (TPSA) is 30.8 Å². The number of thioether (sulfide) groups is 1. The number of benzene rings is 1. The Morgan fingerprint density at radius 3 is 2.71 bits per heavy atom. The first-order valence-corrected chi connectivity index (χ1v) is 5.28. The molecule has 74 valence electrons. The third kappa shape index (κ3) is 2.08. The molecule has 0 spiro atoms. The molecule has 2 rings (SSSR count). The molecule has 0 saturated carbocycles. The van der Waals surface area contributed by atoms with Crippen molar-refractivity contribution in [1.82, 2.24) is 0 Å². The Bertz CT molecular complexity index is 334. The summed E-state index contributed by atoms with van der Waals surface area (Å²) >= 11 is 1.62. The maximum atomic E-state index is 5.12. The first-order valence-electron chi connectivity index (χ1n) is 4.29. The molecular weight excluding hydrogens is 198 g/mol. The predicted molar refractivity (Wildman–Crippen MR) is 57.9 cm³/mol. The van der Waals surface area contributed by atoms with Crippen molar-refractivity contribution >= 4 is 16.8 Å². The van der Waals surface area contributed by atoms with Crippen LogP contribution < -0.4 is 4.74 Å². The van der Waals surface area contributed by atoms with Gasteiger partial charge in [-0.1, -0.05) is 11.8 Å². The lowest BCUT2D eigenvalue weighted by atomic mass is 10.2. The summed E-state index contributed by atoms with van der Waals surface area (Å²) in [4.78, 5) is 4.27. The van der Waals surface area contributed by atoms with Crippen LogP contribution in [0.3, 0.4) is 0 Å². The first-order chi connectivity index (χ1) is 6.90. The van der Waals surface area contributed by atoms with E-state index in [1.54, 1.807) is 18.9 Å². The maximum absolute atomic E-state index is 5.12. The molecule has 1 aliphatic heterocycles. The molecule has 0 bridgehead atoms. The van der Waals surface area contributed by atoms with Gasteiger partial charge in [0, 0.05) is 5.56 Å². The Kier molecular flexibility index (Phi) is 3.06. The molecule has 0 N–H and O–H groups in total. The van der Waals surface area contributed by atoms with Gasteiger partial charge in [0.05, 0.1) is 7.11 Å². The fraction of sp³-hybridized carbons (Fsp3) is 0.300. The van der Waals surface area contributed by atoms with Crippen molar-refractivity contribution < 1.29 is 9.47 Å². The summed E-state index contributed by atoms with van der Waals surface area (Å²) in [5.74, 6) is 1.55. The molecule has 0 saturated heterocycles. The minimum absolute atomic E-state index is 0.467. The lowest BCUT2D eigenvalue weighted by Gasteiger charge is -2.12. The van der Waals surface area contributed by atoms with Gasteiger partial charge in [-0.15, -0.1) is 0 Å². The van der Waals surface area contributed by atoms with E-state index in [0.29, 0.717) is 12.7 Å². The Balaban J connectivity index is 2.19. The van der Waals surface area contributed by atoms with Crippen molar-refractivity contribution in [1.29, 1.82) is 0 Å². The molecule has 0 fully saturated rings. The minimum Gasteiger partial charge on any atom is -0.497 e. The number of nitrogens with zero attached hydrogens (tertiary/aromatic N) is 1. The summed E-state index contributed by atoms with van der Waals surface area (Å²) < 4.78 is 10.2. The monoisotopic (exact) mass is 209 g/mol. The predicted octanol–water partition coefficient (Wildman–Crippen LogP) is 2.12. The smallest absolute Gasteiger partial charge is 0.139 e. The normalized spacial score (nSPS) is 16.2. The van der Waals surface area contributed by atoms with E-state index in [4.69, 9.17) is 9.47 Å². The van der Waals surface area contributed by atoms with E-state index in [2.05, 4.69) is 4.99 Å². The number of aliphatic imine (C=N–C) groups is 1. The van der Waals surface area contributed by atoms with Gasteiger partial charge in [-0.3, -0.25) is 0 Å². The second-order valence-corrected chi connectivity index (χ2v) is 3.70. The van der Waals surface area contributed by atoms with E-state index < -0.39 is 0 Å². The van der Waals surface area contributed by atoms with E-state index in [0.717, 1.165) is 16.4 Å². The summed E-state index contributed by atoms with van der Waals surface area (Å²) in [6, 6.07) is 7.90. The van der Waals surface area contributed by atoms with Gasteiger partial charge in [0.2, 0.25) is 0 Å². The zero-order valence-corrected chi connectivity index (χ0v) is 8.71. The van der Waals surface area contributed by atoms with E-state index in [1.807, 2.05) is 24.3 Å². The van der Waals surface area contributed by atoms with Gasteiger partial charge in [-0.2, -0.15) is 0 Å². The lowest BCUT2D eigenvalue weighted by molar-refractivity contribution is 0.191. The van der Waals surface area contributed by atoms with E-state index in [1.165, 1.54) is 0 Å². The lowest BCUT2D eigenvalue weighted by Crippen LogP contribution is -2.07. The highest BCUT2D eigenvalue weighted by Gasteiger charge is 2.08.